The number of rotatable bonds is 4. The van der Waals surface area contributed by atoms with Crippen molar-refractivity contribution in [3.63, 3.8) is 0 Å². The summed E-state index contributed by atoms with van der Waals surface area (Å²) in [6.45, 7) is 5.60. The van der Waals surface area contributed by atoms with E-state index in [1.807, 2.05) is 31.2 Å². The van der Waals surface area contributed by atoms with Crippen molar-refractivity contribution in [3.05, 3.63) is 36.4 Å². The van der Waals surface area contributed by atoms with Crippen molar-refractivity contribution in [1.29, 1.82) is 5.26 Å². The maximum absolute atomic E-state index is 8.90. The Morgan fingerprint density at radius 1 is 1.28 bits per heavy atom. The number of aromatic nitrogens is 1. The van der Waals surface area contributed by atoms with Gasteiger partial charge in [-0.3, -0.25) is 0 Å². The Morgan fingerprint density at radius 3 is 2.78 bits per heavy atom. The lowest BCUT2D eigenvalue weighted by Crippen LogP contribution is -2.28. The molecule has 0 saturated heterocycles. The van der Waals surface area contributed by atoms with E-state index in [0.717, 1.165) is 29.8 Å². The molecule has 3 nitrogen and oxygen atoms in total. The van der Waals surface area contributed by atoms with Crippen LogP contribution >= 0.6 is 0 Å². The smallest absolute Gasteiger partial charge is 0.129 e. The van der Waals surface area contributed by atoms with Crippen molar-refractivity contribution >= 4 is 16.7 Å². The number of benzene rings is 1. The Kier molecular flexibility index (Phi) is 3.78. The number of hydrogen-bond acceptors (Lipinski definition) is 3. The van der Waals surface area contributed by atoms with E-state index in [9.17, 15) is 0 Å². The van der Waals surface area contributed by atoms with Crippen LogP contribution in [-0.4, -0.2) is 18.1 Å². The average molecular weight is 239 g/mol. The van der Waals surface area contributed by atoms with Gasteiger partial charge in [0, 0.05) is 18.5 Å². The number of para-hydroxylation sites is 1. The van der Waals surface area contributed by atoms with Crippen molar-refractivity contribution in [1.82, 2.24) is 4.98 Å². The summed E-state index contributed by atoms with van der Waals surface area (Å²) >= 11 is 0. The molecule has 1 unspecified atom stereocenters. The lowest BCUT2D eigenvalue weighted by atomic mass is 10.2. The van der Waals surface area contributed by atoms with Gasteiger partial charge >= 0.3 is 0 Å². The molecule has 0 radical (unpaired) electrons. The van der Waals surface area contributed by atoms with Crippen molar-refractivity contribution in [2.45, 2.75) is 13.8 Å². The van der Waals surface area contributed by atoms with E-state index in [-0.39, 0.29) is 5.92 Å². The van der Waals surface area contributed by atoms with Crippen LogP contribution in [0.1, 0.15) is 13.8 Å². The second-order valence-electron chi connectivity index (χ2n) is 4.43. The highest BCUT2D eigenvalue weighted by atomic mass is 15.2. The Bertz CT molecular complexity index is 571. The van der Waals surface area contributed by atoms with E-state index in [1.54, 1.807) is 0 Å². The van der Waals surface area contributed by atoms with Gasteiger partial charge < -0.3 is 4.90 Å². The SMILES string of the molecule is CCN(CC(C)C#N)c1ccc2ccccc2n1. The average Bonchev–Trinajstić information content (AvgIpc) is 2.44. The van der Waals surface area contributed by atoms with Crippen LogP contribution in [0.5, 0.6) is 0 Å². The van der Waals surface area contributed by atoms with Crippen LogP contribution in [0, 0.1) is 17.2 Å². The lowest BCUT2D eigenvalue weighted by molar-refractivity contribution is 0.680. The summed E-state index contributed by atoms with van der Waals surface area (Å²) in [5.74, 6) is 0.955. The van der Waals surface area contributed by atoms with E-state index < -0.39 is 0 Å². The molecule has 3 heteroatoms. The number of anilines is 1. The van der Waals surface area contributed by atoms with Crippen LogP contribution in [0.25, 0.3) is 10.9 Å². The van der Waals surface area contributed by atoms with Crippen LogP contribution in [0.4, 0.5) is 5.82 Å². The highest BCUT2D eigenvalue weighted by Crippen LogP contribution is 2.18. The van der Waals surface area contributed by atoms with Gasteiger partial charge in [0.2, 0.25) is 0 Å². The van der Waals surface area contributed by atoms with Crippen LogP contribution < -0.4 is 4.90 Å². The summed E-state index contributed by atoms with van der Waals surface area (Å²) in [6, 6.07) is 14.4. The molecule has 1 heterocycles. The molecule has 1 aromatic heterocycles. The predicted octanol–water partition coefficient (Wildman–Crippen LogP) is 3.22. The summed E-state index contributed by atoms with van der Waals surface area (Å²) < 4.78 is 0. The molecule has 0 aliphatic heterocycles. The molecule has 2 rings (SSSR count). The second-order valence-corrected chi connectivity index (χ2v) is 4.43. The fraction of sp³-hybridized carbons (Fsp3) is 0.333. The largest absolute Gasteiger partial charge is 0.356 e. The van der Waals surface area contributed by atoms with Crippen LogP contribution in [0.2, 0.25) is 0 Å². The summed E-state index contributed by atoms with van der Waals surface area (Å²) in [5.41, 5.74) is 0.998. The van der Waals surface area contributed by atoms with Gasteiger partial charge in [-0.15, -0.1) is 0 Å². The fourth-order valence-electron chi connectivity index (χ4n) is 1.99. The number of pyridine rings is 1. The molecule has 0 amide bonds. The molecular formula is C15H17N3. The molecule has 18 heavy (non-hydrogen) atoms. The molecule has 0 bridgehead atoms. The van der Waals surface area contributed by atoms with Gasteiger partial charge in [-0.2, -0.15) is 5.26 Å². The second kappa shape index (κ2) is 5.50. The minimum absolute atomic E-state index is 0.0122. The first-order valence-electron chi connectivity index (χ1n) is 6.25. The van der Waals surface area contributed by atoms with Gasteiger partial charge in [0.1, 0.15) is 5.82 Å². The number of fused-ring (bicyclic) bond motifs is 1. The first kappa shape index (κ1) is 12.4. The fourth-order valence-corrected chi connectivity index (χ4v) is 1.99. The van der Waals surface area contributed by atoms with Gasteiger partial charge in [0.05, 0.1) is 17.5 Å². The zero-order valence-electron chi connectivity index (χ0n) is 10.8. The highest BCUT2D eigenvalue weighted by molar-refractivity contribution is 5.80. The molecule has 0 aliphatic carbocycles. The van der Waals surface area contributed by atoms with Gasteiger partial charge in [-0.25, -0.2) is 4.98 Å². The molecule has 0 spiro atoms. The van der Waals surface area contributed by atoms with Crippen LogP contribution in [-0.2, 0) is 0 Å². The summed E-state index contributed by atoms with van der Waals surface area (Å²) in [5, 5.41) is 10.0. The zero-order chi connectivity index (χ0) is 13.0. The Hall–Kier alpha value is -2.08. The van der Waals surface area contributed by atoms with Crippen molar-refractivity contribution in [2.24, 2.45) is 5.92 Å². The van der Waals surface area contributed by atoms with E-state index in [4.69, 9.17) is 5.26 Å². The maximum Gasteiger partial charge on any atom is 0.129 e. The first-order chi connectivity index (χ1) is 8.74. The maximum atomic E-state index is 8.90. The molecule has 0 fully saturated rings. The molecule has 0 aliphatic rings. The van der Waals surface area contributed by atoms with Gasteiger partial charge in [0.15, 0.2) is 0 Å². The first-order valence-corrected chi connectivity index (χ1v) is 6.25. The van der Waals surface area contributed by atoms with Crippen molar-refractivity contribution in [3.8, 4) is 6.07 Å². The zero-order valence-corrected chi connectivity index (χ0v) is 10.8. The molecule has 1 atom stereocenters. The monoisotopic (exact) mass is 239 g/mol. The quantitative estimate of drug-likeness (QED) is 0.822. The third-order valence-corrected chi connectivity index (χ3v) is 3.00. The molecule has 0 saturated carbocycles. The van der Waals surface area contributed by atoms with Crippen LogP contribution in [0.3, 0.4) is 0 Å². The summed E-state index contributed by atoms with van der Waals surface area (Å²) in [6.07, 6.45) is 0. The predicted molar refractivity (Wildman–Crippen MR) is 74.4 cm³/mol. The normalized spacial score (nSPS) is 12.1. The Labute approximate surface area is 108 Å². The van der Waals surface area contributed by atoms with Gasteiger partial charge in [0.25, 0.3) is 0 Å². The minimum atomic E-state index is 0.0122. The van der Waals surface area contributed by atoms with Crippen molar-refractivity contribution in [2.75, 3.05) is 18.0 Å². The van der Waals surface area contributed by atoms with Crippen molar-refractivity contribution < 1.29 is 0 Å². The Morgan fingerprint density at radius 2 is 2.06 bits per heavy atom. The van der Waals surface area contributed by atoms with E-state index >= 15 is 0 Å². The number of nitriles is 1. The van der Waals surface area contributed by atoms with Crippen LogP contribution in [0.15, 0.2) is 36.4 Å². The minimum Gasteiger partial charge on any atom is -0.356 e. The third-order valence-electron chi connectivity index (χ3n) is 3.00. The standard InChI is InChI=1S/C15H17N3/c1-3-18(11-12(2)10-16)15-9-8-13-6-4-5-7-14(13)17-15/h4-9,12H,3,11H2,1-2H3. The number of hydrogen-bond donors (Lipinski definition) is 0. The molecule has 92 valence electrons. The molecule has 1 aromatic carbocycles. The third kappa shape index (κ3) is 2.60. The topological polar surface area (TPSA) is 39.9 Å². The molecule has 0 N–H and O–H groups in total. The molecule has 2 aromatic rings. The summed E-state index contributed by atoms with van der Waals surface area (Å²) in [4.78, 5) is 6.79. The number of nitrogens with zero attached hydrogens (tertiary/aromatic N) is 3. The lowest BCUT2D eigenvalue weighted by Gasteiger charge is -2.23. The van der Waals surface area contributed by atoms with E-state index in [0.29, 0.717) is 0 Å². The van der Waals surface area contributed by atoms with Gasteiger partial charge in [-0.05, 0) is 32.0 Å². The molecular weight excluding hydrogens is 222 g/mol. The highest BCUT2D eigenvalue weighted by Gasteiger charge is 2.10. The Balaban J connectivity index is 2.31. The van der Waals surface area contributed by atoms with Gasteiger partial charge in [-0.1, -0.05) is 18.2 Å². The van der Waals surface area contributed by atoms with E-state index in [1.165, 1.54) is 0 Å². The summed E-state index contributed by atoms with van der Waals surface area (Å²) in [7, 11) is 0. The van der Waals surface area contributed by atoms with E-state index in [2.05, 4.69) is 35.0 Å².